The number of carboxylic acids is 1. The highest BCUT2D eigenvalue weighted by atomic mass is 127. The Bertz CT molecular complexity index is 2110. The van der Waals surface area contributed by atoms with Crippen molar-refractivity contribution in [3.8, 4) is 22.6 Å². The van der Waals surface area contributed by atoms with Gasteiger partial charge in [-0.25, -0.2) is 19.6 Å². The molecular formula is C41H44BIN2O10S2. The molecule has 6 aromatic rings. The summed E-state index contributed by atoms with van der Waals surface area (Å²) in [6, 6.07) is 30.7. The van der Waals surface area contributed by atoms with Gasteiger partial charge in [-0.15, -0.1) is 22.7 Å². The van der Waals surface area contributed by atoms with Crippen molar-refractivity contribution in [2.75, 3.05) is 20.8 Å². The maximum Gasteiger partial charge on any atom is 0.488 e. The van der Waals surface area contributed by atoms with Crippen LogP contribution in [0.4, 0.5) is 0 Å². The van der Waals surface area contributed by atoms with Crippen LogP contribution in [-0.4, -0.2) is 65.0 Å². The van der Waals surface area contributed by atoms with Crippen molar-refractivity contribution in [2.24, 2.45) is 0 Å². The number of thiazole rings is 2. The van der Waals surface area contributed by atoms with E-state index in [0.29, 0.717) is 48.3 Å². The Kier molecular flexibility index (Phi) is 20.4. The van der Waals surface area contributed by atoms with Gasteiger partial charge >= 0.3 is 19.1 Å². The number of hydrogen-bond donors (Lipinski definition) is 3. The number of carbonyl (C=O) groups excluding carboxylic acids is 1. The van der Waals surface area contributed by atoms with E-state index < -0.39 is 13.1 Å². The van der Waals surface area contributed by atoms with E-state index in [1.165, 1.54) is 28.1 Å². The van der Waals surface area contributed by atoms with Crippen molar-refractivity contribution in [2.45, 2.75) is 40.8 Å². The molecule has 0 aliphatic rings. The van der Waals surface area contributed by atoms with E-state index >= 15 is 0 Å². The Morgan fingerprint density at radius 2 is 1.23 bits per heavy atom. The molecule has 0 saturated carbocycles. The largest absolute Gasteiger partial charge is 0.488 e. The minimum Gasteiger partial charge on any atom is -0.486 e. The molecule has 57 heavy (non-hydrogen) atoms. The van der Waals surface area contributed by atoms with Gasteiger partial charge in [0, 0.05) is 28.5 Å². The van der Waals surface area contributed by atoms with Crippen LogP contribution in [0.1, 0.15) is 56.5 Å². The Balaban J connectivity index is 0.000000241. The van der Waals surface area contributed by atoms with Gasteiger partial charge in [-0.2, -0.15) is 0 Å². The van der Waals surface area contributed by atoms with Crippen molar-refractivity contribution in [3.05, 3.63) is 144 Å². The molecule has 2 aromatic heterocycles. The van der Waals surface area contributed by atoms with Crippen LogP contribution in [0.3, 0.4) is 0 Å². The molecule has 3 N–H and O–H groups in total. The maximum atomic E-state index is 11.5. The fraction of sp³-hybridized carbons (Fsp3) is 0.220. The van der Waals surface area contributed by atoms with E-state index in [1.54, 1.807) is 44.7 Å². The molecule has 4 aromatic carbocycles. The first-order valence-electron chi connectivity index (χ1n) is 17.0. The zero-order chi connectivity index (χ0) is 40.3. The lowest BCUT2D eigenvalue weighted by Gasteiger charge is -2.07. The molecule has 0 aliphatic heterocycles. The number of aromatic nitrogens is 2. The highest BCUT2D eigenvalue weighted by molar-refractivity contribution is 14.1. The molecule has 0 amide bonds. The highest BCUT2D eigenvalue weighted by Crippen LogP contribution is 2.24. The van der Waals surface area contributed by atoms with Crippen LogP contribution in [0.2, 0.25) is 0 Å². The summed E-state index contributed by atoms with van der Waals surface area (Å²) < 4.78 is 27.4. The van der Waals surface area contributed by atoms with E-state index in [4.69, 9.17) is 38.8 Å². The molecule has 300 valence electrons. The lowest BCUT2D eigenvalue weighted by Crippen LogP contribution is -2.29. The van der Waals surface area contributed by atoms with Crippen molar-refractivity contribution >= 4 is 69.8 Å². The number of aromatic carboxylic acids is 1. The van der Waals surface area contributed by atoms with Gasteiger partial charge in [0.1, 0.15) is 34.7 Å². The lowest BCUT2D eigenvalue weighted by atomic mass is 9.80. The Hall–Kier alpha value is -4.69. The molecule has 16 heteroatoms. The third-order valence-electron chi connectivity index (χ3n) is 7.33. The predicted octanol–water partition coefficient (Wildman–Crippen LogP) is 7.89. The van der Waals surface area contributed by atoms with Crippen LogP contribution in [0.15, 0.2) is 108 Å². The second kappa shape index (κ2) is 24.8. The average Bonchev–Trinajstić information content (AvgIpc) is 3.89. The van der Waals surface area contributed by atoms with Gasteiger partial charge in [0.2, 0.25) is 0 Å². The fourth-order valence-corrected chi connectivity index (χ4v) is 6.45. The molecule has 12 nitrogen and oxygen atoms in total. The molecule has 0 unspecified atom stereocenters. The van der Waals surface area contributed by atoms with Crippen LogP contribution in [0, 0.1) is 3.57 Å². The molecular weight excluding hydrogens is 882 g/mol. The number of nitrogens with zero attached hydrogens (tertiary/aromatic N) is 2. The highest BCUT2D eigenvalue weighted by Gasteiger charge is 2.13. The van der Waals surface area contributed by atoms with Gasteiger partial charge in [0.05, 0.1) is 19.8 Å². The van der Waals surface area contributed by atoms with Crippen LogP contribution in [0.5, 0.6) is 11.5 Å². The first-order valence-corrected chi connectivity index (χ1v) is 19.8. The third-order valence-corrected chi connectivity index (χ3v) is 9.70. The molecule has 0 saturated heterocycles. The van der Waals surface area contributed by atoms with Crippen LogP contribution in [-0.2, 0) is 40.6 Å². The van der Waals surface area contributed by atoms with Crippen molar-refractivity contribution in [1.29, 1.82) is 0 Å². The van der Waals surface area contributed by atoms with E-state index in [0.717, 1.165) is 36.6 Å². The summed E-state index contributed by atoms with van der Waals surface area (Å²) in [6.07, 6.45) is 0. The Morgan fingerprint density at radius 3 is 1.75 bits per heavy atom. The quantitative estimate of drug-likeness (QED) is 0.0519. The summed E-state index contributed by atoms with van der Waals surface area (Å²) in [5, 5.41) is 31.1. The number of carboxylic acid groups (broad SMARTS) is 1. The smallest absolute Gasteiger partial charge is 0.486 e. The van der Waals surface area contributed by atoms with Gasteiger partial charge in [0.15, 0.2) is 11.4 Å². The van der Waals surface area contributed by atoms with E-state index in [-0.39, 0.29) is 25.7 Å². The molecule has 2 heterocycles. The summed E-state index contributed by atoms with van der Waals surface area (Å²) in [6.45, 7) is 3.79. The molecule has 0 fully saturated rings. The van der Waals surface area contributed by atoms with Crippen molar-refractivity contribution in [3.63, 3.8) is 0 Å². The van der Waals surface area contributed by atoms with Gasteiger partial charge < -0.3 is 38.8 Å². The van der Waals surface area contributed by atoms with Crippen LogP contribution >= 0.6 is 45.3 Å². The third kappa shape index (κ3) is 16.0. The van der Waals surface area contributed by atoms with E-state index in [1.807, 2.05) is 66.7 Å². The van der Waals surface area contributed by atoms with Crippen LogP contribution < -0.4 is 14.9 Å². The summed E-state index contributed by atoms with van der Waals surface area (Å²) in [5.41, 5.74) is 5.15. The summed E-state index contributed by atoms with van der Waals surface area (Å²) >= 11 is 4.90. The second-order valence-corrected chi connectivity index (χ2v) is 14.7. The topological polar surface area (TPSA) is 167 Å². The van der Waals surface area contributed by atoms with Crippen molar-refractivity contribution < 1.29 is 48.4 Å². The number of ether oxygens (including phenoxy) is 5. The summed E-state index contributed by atoms with van der Waals surface area (Å²) in [4.78, 5) is 30.4. The van der Waals surface area contributed by atoms with E-state index in [2.05, 4.69) is 44.7 Å². The molecule has 0 atom stereocenters. The standard InChI is InChI=1S/C19H17NO4S.C13H12INO3S.C8H11BO3.CH4/c1-23-10-13-3-2-4-15(9-13)14-5-7-16(8-6-14)24-11-18-20-17(12-25-18)19(21)22;1-2-17-13(16)11-8-19-12(15-11)7-18-10-5-3-9(14)4-6-10;1-12-6-7-3-2-4-8(5-7)9(10)11;/h2-9,12H,10-11H2,1H3,(H,21,22);3-6,8H,2,7H2,1H3;2-5,10-11H,6H2,1H3;1H4. The average molecular weight is 927 g/mol. The first-order chi connectivity index (χ1) is 27.1. The molecule has 0 radical (unpaired) electrons. The number of esters is 1. The number of methoxy groups -OCH3 is 2. The fourth-order valence-electron chi connectivity index (χ4n) is 4.73. The monoisotopic (exact) mass is 926 g/mol. The molecule has 0 aliphatic carbocycles. The number of halogens is 1. The van der Waals surface area contributed by atoms with Gasteiger partial charge in [-0.3, -0.25) is 0 Å². The van der Waals surface area contributed by atoms with Gasteiger partial charge in [-0.05, 0) is 99.7 Å². The number of carbonyl (C=O) groups is 2. The molecule has 6 rings (SSSR count). The number of hydrogen-bond acceptors (Lipinski definition) is 13. The first kappa shape index (κ1) is 46.7. The maximum absolute atomic E-state index is 11.5. The number of rotatable bonds is 15. The lowest BCUT2D eigenvalue weighted by molar-refractivity contribution is 0.0519. The Labute approximate surface area is 354 Å². The predicted molar refractivity (Wildman–Crippen MR) is 231 cm³/mol. The second-order valence-electron chi connectivity index (χ2n) is 11.5. The van der Waals surface area contributed by atoms with Crippen LogP contribution in [0.25, 0.3) is 11.1 Å². The minimum absolute atomic E-state index is 0. The van der Waals surface area contributed by atoms with Gasteiger partial charge in [-0.1, -0.05) is 62.0 Å². The van der Waals surface area contributed by atoms with Crippen molar-refractivity contribution in [1.82, 2.24) is 9.97 Å². The van der Waals surface area contributed by atoms with E-state index in [9.17, 15) is 9.59 Å². The zero-order valence-corrected chi connectivity index (χ0v) is 34.6. The summed E-state index contributed by atoms with van der Waals surface area (Å²) in [7, 11) is 1.88. The minimum atomic E-state index is -1.40. The SMILES string of the molecule is C.CCOC(=O)c1csc(COc2ccc(I)cc2)n1.COCc1cccc(-c2ccc(OCc3nc(C(=O)O)cs3)cc2)c1.COCc1cccc(B(O)O)c1. The molecule has 0 spiro atoms. The zero-order valence-electron chi connectivity index (χ0n) is 30.8. The van der Waals surface area contributed by atoms with Gasteiger partial charge in [0.25, 0.3) is 0 Å². The molecule has 0 bridgehead atoms. The normalized spacial score (nSPS) is 10.1. The number of benzene rings is 4. The summed E-state index contributed by atoms with van der Waals surface area (Å²) in [5.74, 6) is 0.0824. The Morgan fingerprint density at radius 1 is 0.702 bits per heavy atom.